The Kier molecular flexibility index (Phi) is 9.08. The van der Waals surface area contributed by atoms with Gasteiger partial charge in [0.05, 0.1) is 30.7 Å². The molecule has 0 aromatic heterocycles. The summed E-state index contributed by atoms with van der Waals surface area (Å²) in [6.07, 6.45) is 1.65. The van der Waals surface area contributed by atoms with Crippen molar-refractivity contribution in [1.82, 2.24) is 0 Å². The molecule has 2 N–H and O–H groups in total. The number of ether oxygens (including phenoxy) is 2. The van der Waals surface area contributed by atoms with Crippen LogP contribution in [0.1, 0.15) is 40.5 Å². The van der Waals surface area contributed by atoms with Gasteiger partial charge >= 0.3 is 5.97 Å². The van der Waals surface area contributed by atoms with Gasteiger partial charge in [0.25, 0.3) is 17.7 Å². The third-order valence-corrected chi connectivity index (χ3v) is 6.51. The highest BCUT2D eigenvalue weighted by atomic mass is 35.5. The molecule has 206 valence electrons. The predicted octanol–water partition coefficient (Wildman–Crippen LogP) is 5.99. The number of esters is 1. The normalized spacial score (nSPS) is 12.9. The van der Waals surface area contributed by atoms with Crippen molar-refractivity contribution in [2.45, 2.75) is 19.8 Å². The van der Waals surface area contributed by atoms with Crippen LogP contribution in [0.25, 0.3) is 0 Å². The second-order valence-corrected chi connectivity index (χ2v) is 9.49. The van der Waals surface area contributed by atoms with E-state index in [0.717, 1.165) is 17.7 Å². The summed E-state index contributed by atoms with van der Waals surface area (Å²) in [4.78, 5) is 52.0. The largest absolute Gasteiger partial charge is 0.495 e. The van der Waals surface area contributed by atoms with E-state index in [-0.39, 0.29) is 22.0 Å². The number of hydrogen-bond donors (Lipinski definition) is 2. The molecule has 11 heteroatoms. The topological polar surface area (TPSA) is 114 Å². The fourth-order valence-corrected chi connectivity index (χ4v) is 4.22. The van der Waals surface area contributed by atoms with Crippen LogP contribution in [-0.4, -0.2) is 37.4 Å². The Bertz CT molecular complexity index is 1500. The number of halogens is 2. The lowest BCUT2D eigenvalue weighted by atomic mass is 10.1. The van der Waals surface area contributed by atoms with E-state index in [4.69, 9.17) is 32.7 Å². The van der Waals surface area contributed by atoms with E-state index < -0.39 is 23.7 Å². The van der Waals surface area contributed by atoms with Crippen LogP contribution in [0.5, 0.6) is 5.75 Å². The Morgan fingerprint density at radius 3 is 2.38 bits per heavy atom. The lowest BCUT2D eigenvalue weighted by Gasteiger charge is -2.16. The number of unbranched alkanes of at least 4 members (excludes halogenated alkanes) is 1. The molecule has 3 aromatic carbocycles. The summed E-state index contributed by atoms with van der Waals surface area (Å²) in [5, 5.41) is 5.70. The predicted molar refractivity (Wildman–Crippen MR) is 153 cm³/mol. The third-order valence-electron chi connectivity index (χ3n) is 5.92. The maximum absolute atomic E-state index is 13.2. The molecular formula is C29H25Cl2N3O6. The second kappa shape index (κ2) is 12.7. The van der Waals surface area contributed by atoms with Gasteiger partial charge in [-0.2, -0.15) is 0 Å². The van der Waals surface area contributed by atoms with Gasteiger partial charge in [-0.15, -0.1) is 0 Å². The minimum Gasteiger partial charge on any atom is -0.495 e. The maximum Gasteiger partial charge on any atom is 0.338 e. The number of anilines is 3. The van der Waals surface area contributed by atoms with Crippen LogP contribution in [-0.2, 0) is 14.3 Å². The number of methoxy groups -OCH3 is 1. The molecule has 3 aromatic rings. The first-order chi connectivity index (χ1) is 19.2. The summed E-state index contributed by atoms with van der Waals surface area (Å²) in [5.74, 6) is -1.93. The SMILES string of the molecule is CCCCOC(=O)c1ccc(N2C(=O)C(Cl)=C(Nc3cccc(C(=O)Nc4cc(Cl)ccc4OC)c3)C2=O)cc1. The van der Waals surface area contributed by atoms with Crippen molar-refractivity contribution in [2.75, 3.05) is 29.3 Å². The van der Waals surface area contributed by atoms with E-state index in [2.05, 4.69) is 10.6 Å². The maximum atomic E-state index is 13.2. The van der Waals surface area contributed by atoms with E-state index in [1.54, 1.807) is 36.4 Å². The molecule has 0 atom stereocenters. The van der Waals surface area contributed by atoms with Crippen molar-refractivity contribution in [1.29, 1.82) is 0 Å². The van der Waals surface area contributed by atoms with Gasteiger partial charge in [0.1, 0.15) is 16.5 Å². The van der Waals surface area contributed by atoms with Gasteiger partial charge in [-0.25, -0.2) is 9.69 Å². The number of nitrogens with one attached hydrogen (secondary N) is 2. The van der Waals surface area contributed by atoms with Gasteiger partial charge in [0.2, 0.25) is 0 Å². The highest BCUT2D eigenvalue weighted by Gasteiger charge is 2.39. The summed E-state index contributed by atoms with van der Waals surface area (Å²) in [5.41, 5.74) is 1.38. The Labute approximate surface area is 240 Å². The molecule has 9 nitrogen and oxygen atoms in total. The highest BCUT2D eigenvalue weighted by Crippen LogP contribution is 2.31. The fourth-order valence-electron chi connectivity index (χ4n) is 3.84. The lowest BCUT2D eigenvalue weighted by molar-refractivity contribution is -0.120. The molecule has 1 aliphatic heterocycles. The van der Waals surface area contributed by atoms with Crippen molar-refractivity contribution < 1.29 is 28.7 Å². The number of benzene rings is 3. The van der Waals surface area contributed by atoms with E-state index in [1.165, 1.54) is 37.4 Å². The molecule has 0 fully saturated rings. The van der Waals surface area contributed by atoms with E-state index in [9.17, 15) is 19.2 Å². The molecule has 1 aliphatic rings. The smallest absolute Gasteiger partial charge is 0.338 e. The van der Waals surface area contributed by atoms with Crippen molar-refractivity contribution in [3.05, 3.63) is 93.6 Å². The molecule has 0 unspecified atom stereocenters. The van der Waals surface area contributed by atoms with Crippen LogP contribution in [0.2, 0.25) is 5.02 Å². The van der Waals surface area contributed by atoms with Crippen LogP contribution in [0.15, 0.2) is 77.5 Å². The van der Waals surface area contributed by atoms with Crippen molar-refractivity contribution in [3.8, 4) is 5.75 Å². The number of carbonyl (C=O) groups is 4. The molecule has 3 amide bonds. The molecule has 0 radical (unpaired) electrons. The van der Waals surface area contributed by atoms with Crippen LogP contribution < -0.4 is 20.3 Å². The third kappa shape index (κ3) is 6.27. The minimum absolute atomic E-state index is 0.149. The molecule has 40 heavy (non-hydrogen) atoms. The van der Waals surface area contributed by atoms with Crippen molar-refractivity contribution in [3.63, 3.8) is 0 Å². The van der Waals surface area contributed by atoms with E-state index in [1.807, 2.05) is 6.92 Å². The Balaban J connectivity index is 1.48. The van der Waals surface area contributed by atoms with Crippen LogP contribution in [0.4, 0.5) is 17.1 Å². The number of hydrogen-bond acceptors (Lipinski definition) is 7. The van der Waals surface area contributed by atoms with Gasteiger partial charge in [-0.05, 0) is 67.1 Å². The fraction of sp³-hybridized carbons (Fsp3) is 0.172. The average molecular weight is 582 g/mol. The number of carbonyl (C=O) groups excluding carboxylic acids is 4. The molecule has 1 heterocycles. The molecule has 0 bridgehead atoms. The standard InChI is InChI=1S/C29H25Cl2N3O6/c1-3-4-14-40-29(38)17-8-11-21(12-9-17)34-27(36)24(31)25(28(34)37)32-20-7-5-6-18(15-20)26(35)33-22-16-19(30)10-13-23(22)39-2/h5-13,15-16,32H,3-4,14H2,1-2H3,(H,33,35). The van der Waals surface area contributed by atoms with Gasteiger partial charge in [-0.3, -0.25) is 14.4 Å². The zero-order valence-corrected chi connectivity index (χ0v) is 23.1. The van der Waals surface area contributed by atoms with Gasteiger partial charge in [-0.1, -0.05) is 42.6 Å². The summed E-state index contributed by atoms with van der Waals surface area (Å²) < 4.78 is 10.5. The zero-order chi connectivity index (χ0) is 28.8. The van der Waals surface area contributed by atoms with Crippen LogP contribution in [0, 0.1) is 0 Å². The molecule has 0 spiro atoms. The Morgan fingerprint density at radius 1 is 0.925 bits per heavy atom. The average Bonchev–Trinajstić information content (AvgIpc) is 3.16. The van der Waals surface area contributed by atoms with Gasteiger partial charge < -0.3 is 20.1 Å². The van der Waals surface area contributed by atoms with Gasteiger partial charge in [0.15, 0.2) is 0 Å². The summed E-state index contributed by atoms with van der Waals surface area (Å²) >= 11 is 12.3. The Morgan fingerprint density at radius 2 is 1.68 bits per heavy atom. The number of rotatable bonds is 10. The zero-order valence-electron chi connectivity index (χ0n) is 21.6. The minimum atomic E-state index is -0.727. The van der Waals surface area contributed by atoms with E-state index in [0.29, 0.717) is 34.3 Å². The molecular weight excluding hydrogens is 557 g/mol. The number of imide groups is 1. The molecule has 0 saturated heterocycles. The monoisotopic (exact) mass is 581 g/mol. The van der Waals surface area contributed by atoms with Crippen molar-refractivity contribution in [2.24, 2.45) is 0 Å². The highest BCUT2D eigenvalue weighted by molar-refractivity contribution is 6.53. The van der Waals surface area contributed by atoms with Crippen molar-refractivity contribution >= 4 is 64.0 Å². The first-order valence-electron chi connectivity index (χ1n) is 12.3. The molecule has 4 rings (SSSR count). The molecule has 0 saturated carbocycles. The molecule has 0 aliphatic carbocycles. The second-order valence-electron chi connectivity index (χ2n) is 8.68. The summed E-state index contributed by atoms with van der Waals surface area (Å²) in [6, 6.07) is 17.0. The first-order valence-corrected chi connectivity index (χ1v) is 13.1. The van der Waals surface area contributed by atoms with Gasteiger partial charge in [0, 0.05) is 16.3 Å². The lowest BCUT2D eigenvalue weighted by Crippen LogP contribution is -2.32. The summed E-state index contributed by atoms with van der Waals surface area (Å²) in [6.45, 7) is 2.30. The number of amides is 3. The number of nitrogens with zero attached hydrogens (tertiary/aromatic N) is 1. The van der Waals surface area contributed by atoms with E-state index >= 15 is 0 Å². The quantitative estimate of drug-likeness (QED) is 0.171. The summed E-state index contributed by atoms with van der Waals surface area (Å²) in [7, 11) is 1.47. The Hall–Kier alpha value is -4.34. The first kappa shape index (κ1) is 28.7. The van der Waals surface area contributed by atoms with Crippen LogP contribution >= 0.6 is 23.2 Å². The van der Waals surface area contributed by atoms with Crippen LogP contribution in [0.3, 0.4) is 0 Å².